The van der Waals surface area contributed by atoms with Gasteiger partial charge < -0.3 is 0 Å². The Morgan fingerprint density at radius 1 is 1.32 bits per heavy atom. The number of anilines is 1. The van der Waals surface area contributed by atoms with Crippen molar-refractivity contribution in [3.05, 3.63) is 42.5 Å². The van der Waals surface area contributed by atoms with E-state index in [-0.39, 0.29) is 0 Å². The van der Waals surface area contributed by atoms with Gasteiger partial charge in [0.05, 0.1) is 12.2 Å². The fourth-order valence-corrected chi connectivity index (χ4v) is 1.69. The molecule has 0 unspecified atom stereocenters. The molecule has 6 heteroatoms. The normalized spacial score (nSPS) is 11.0. The van der Waals surface area contributed by atoms with E-state index in [1.807, 2.05) is 30.5 Å². The molecule has 0 bridgehead atoms. The highest BCUT2D eigenvalue weighted by Crippen LogP contribution is 2.10. The van der Waals surface area contributed by atoms with Crippen LogP contribution in [0, 0.1) is 0 Å². The molecule has 2 rings (SSSR count). The van der Waals surface area contributed by atoms with Gasteiger partial charge in [0.2, 0.25) is 0 Å². The zero-order chi connectivity index (χ0) is 13.3. The molecule has 0 aliphatic heterocycles. The van der Waals surface area contributed by atoms with Crippen LogP contribution in [0.15, 0.2) is 42.0 Å². The number of halogens is 1. The Morgan fingerprint density at radius 2 is 2.16 bits per heavy atom. The van der Waals surface area contributed by atoms with E-state index < -0.39 is 0 Å². The molecule has 0 spiro atoms. The molecule has 0 amide bonds. The molecule has 1 heterocycles. The van der Waals surface area contributed by atoms with E-state index in [1.165, 1.54) is 11.9 Å². The molecule has 0 radical (unpaired) electrons. The van der Waals surface area contributed by atoms with Gasteiger partial charge in [-0.25, -0.2) is 9.67 Å². The third-order valence-electron chi connectivity index (χ3n) is 2.52. The molecule has 0 aliphatic carbocycles. The smallest absolute Gasteiger partial charge is 0.137 e. The standard InChI is InChI=1S/C13H16ClN5/c14-7-1-2-8-16-18-13-5-3-12(4-6-13)9-19-11-15-10-17-19/h3-6,8,10-11,18H,1-2,7,9H2/b16-8+. The Hall–Kier alpha value is -1.88. The van der Waals surface area contributed by atoms with Gasteiger partial charge in [-0.3, -0.25) is 5.43 Å². The van der Waals surface area contributed by atoms with Crippen molar-refractivity contribution >= 4 is 23.5 Å². The van der Waals surface area contributed by atoms with E-state index >= 15 is 0 Å². The summed E-state index contributed by atoms with van der Waals surface area (Å²) in [5.41, 5.74) is 5.11. The monoisotopic (exact) mass is 277 g/mol. The van der Waals surface area contributed by atoms with E-state index in [9.17, 15) is 0 Å². The first kappa shape index (κ1) is 13.5. The molecule has 0 atom stereocenters. The first-order valence-electron chi connectivity index (χ1n) is 6.13. The fraction of sp³-hybridized carbons (Fsp3) is 0.308. The highest BCUT2D eigenvalue weighted by molar-refractivity contribution is 6.17. The lowest BCUT2D eigenvalue weighted by molar-refractivity contribution is 0.685. The van der Waals surface area contributed by atoms with Crippen molar-refractivity contribution in [2.45, 2.75) is 19.4 Å². The van der Waals surface area contributed by atoms with Crippen molar-refractivity contribution in [1.29, 1.82) is 0 Å². The van der Waals surface area contributed by atoms with Gasteiger partial charge in [0.25, 0.3) is 0 Å². The number of rotatable bonds is 7. The zero-order valence-electron chi connectivity index (χ0n) is 10.5. The van der Waals surface area contributed by atoms with Crippen molar-refractivity contribution in [2.75, 3.05) is 11.3 Å². The van der Waals surface area contributed by atoms with Crippen molar-refractivity contribution < 1.29 is 0 Å². The van der Waals surface area contributed by atoms with Crippen molar-refractivity contribution in [3.63, 3.8) is 0 Å². The van der Waals surface area contributed by atoms with Crippen LogP contribution in [0.4, 0.5) is 5.69 Å². The Balaban J connectivity index is 1.82. The van der Waals surface area contributed by atoms with Gasteiger partial charge in [-0.1, -0.05) is 12.1 Å². The Morgan fingerprint density at radius 3 is 2.84 bits per heavy atom. The van der Waals surface area contributed by atoms with Gasteiger partial charge in [0.1, 0.15) is 12.7 Å². The molecular weight excluding hydrogens is 262 g/mol. The summed E-state index contributed by atoms with van der Waals surface area (Å²) in [6.07, 6.45) is 6.91. The Labute approximate surface area is 117 Å². The van der Waals surface area contributed by atoms with Crippen LogP contribution in [0.2, 0.25) is 0 Å². The van der Waals surface area contributed by atoms with E-state index in [1.54, 1.807) is 11.0 Å². The van der Waals surface area contributed by atoms with Crippen LogP contribution in [0.3, 0.4) is 0 Å². The van der Waals surface area contributed by atoms with Crippen LogP contribution >= 0.6 is 11.6 Å². The van der Waals surface area contributed by atoms with Gasteiger partial charge in [0.15, 0.2) is 0 Å². The quantitative estimate of drug-likeness (QED) is 0.366. The summed E-state index contributed by atoms with van der Waals surface area (Å²) in [4.78, 5) is 3.91. The van der Waals surface area contributed by atoms with Crippen molar-refractivity contribution in [1.82, 2.24) is 14.8 Å². The summed E-state index contributed by atoms with van der Waals surface area (Å²) < 4.78 is 1.78. The summed E-state index contributed by atoms with van der Waals surface area (Å²) in [6.45, 7) is 0.721. The SMILES string of the molecule is ClCCC/C=N/Nc1ccc(Cn2cncn2)cc1. The van der Waals surface area contributed by atoms with Crippen LogP contribution in [0.5, 0.6) is 0 Å². The van der Waals surface area contributed by atoms with E-state index in [0.717, 1.165) is 25.1 Å². The van der Waals surface area contributed by atoms with Gasteiger partial charge in [-0.2, -0.15) is 10.2 Å². The number of nitrogens with one attached hydrogen (secondary N) is 1. The molecular formula is C13H16ClN5. The molecule has 1 aromatic heterocycles. The molecule has 0 aliphatic rings. The highest BCUT2D eigenvalue weighted by Gasteiger charge is 1.96. The maximum absolute atomic E-state index is 5.58. The van der Waals surface area contributed by atoms with Crippen molar-refractivity contribution in [2.24, 2.45) is 5.10 Å². The lowest BCUT2D eigenvalue weighted by Crippen LogP contribution is -1.99. The zero-order valence-corrected chi connectivity index (χ0v) is 11.3. The third-order valence-corrected chi connectivity index (χ3v) is 2.78. The second-order valence-corrected chi connectivity index (χ2v) is 4.42. The number of unbranched alkanes of at least 4 members (excludes halogenated alkanes) is 1. The number of hydrogen-bond acceptors (Lipinski definition) is 4. The number of hydrazone groups is 1. The van der Waals surface area contributed by atoms with E-state index in [0.29, 0.717) is 5.88 Å². The van der Waals surface area contributed by atoms with Crippen LogP contribution in [0.25, 0.3) is 0 Å². The lowest BCUT2D eigenvalue weighted by atomic mass is 10.2. The molecule has 0 saturated heterocycles. The van der Waals surface area contributed by atoms with Crippen LogP contribution in [0.1, 0.15) is 18.4 Å². The van der Waals surface area contributed by atoms with E-state index in [2.05, 4.69) is 20.6 Å². The number of aromatic nitrogens is 3. The highest BCUT2D eigenvalue weighted by atomic mass is 35.5. The molecule has 0 saturated carbocycles. The minimum absolute atomic E-state index is 0.670. The summed E-state index contributed by atoms with van der Waals surface area (Å²) in [6, 6.07) is 8.06. The Bertz CT molecular complexity index is 492. The van der Waals surface area contributed by atoms with Gasteiger partial charge in [0, 0.05) is 12.1 Å². The fourth-order valence-electron chi connectivity index (χ4n) is 1.54. The molecule has 1 N–H and O–H groups in total. The first-order chi connectivity index (χ1) is 9.38. The van der Waals surface area contributed by atoms with Gasteiger partial charge >= 0.3 is 0 Å². The van der Waals surface area contributed by atoms with Crippen LogP contribution in [-0.4, -0.2) is 26.9 Å². The second kappa shape index (κ2) is 7.53. The first-order valence-corrected chi connectivity index (χ1v) is 6.67. The molecule has 2 aromatic rings. The van der Waals surface area contributed by atoms with Crippen LogP contribution in [-0.2, 0) is 6.54 Å². The molecule has 1 aromatic carbocycles. The average molecular weight is 278 g/mol. The number of hydrogen-bond donors (Lipinski definition) is 1. The summed E-state index contributed by atoms with van der Waals surface area (Å²) in [5.74, 6) is 0.670. The predicted molar refractivity (Wildman–Crippen MR) is 77.6 cm³/mol. The topological polar surface area (TPSA) is 55.1 Å². The summed E-state index contributed by atoms with van der Waals surface area (Å²) in [7, 11) is 0. The van der Waals surface area contributed by atoms with Gasteiger partial charge in [-0.05, 0) is 30.5 Å². The maximum atomic E-state index is 5.58. The number of benzene rings is 1. The van der Waals surface area contributed by atoms with Crippen molar-refractivity contribution in [3.8, 4) is 0 Å². The molecule has 0 fully saturated rings. The predicted octanol–water partition coefficient (Wildman–Crippen LogP) is 2.74. The molecule has 19 heavy (non-hydrogen) atoms. The summed E-state index contributed by atoms with van der Waals surface area (Å²) >= 11 is 5.58. The van der Waals surface area contributed by atoms with E-state index in [4.69, 9.17) is 11.6 Å². The largest absolute Gasteiger partial charge is 0.279 e. The average Bonchev–Trinajstić information content (AvgIpc) is 2.93. The number of alkyl halides is 1. The minimum Gasteiger partial charge on any atom is -0.279 e. The molecule has 5 nitrogen and oxygen atoms in total. The summed E-state index contributed by atoms with van der Waals surface area (Å²) in [5, 5.41) is 8.19. The number of nitrogens with zero attached hydrogens (tertiary/aromatic N) is 4. The second-order valence-electron chi connectivity index (χ2n) is 4.04. The lowest BCUT2D eigenvalue weighted by Gasteiger charge is -2.03. The Kier molecular flexibility index (Phi) is 5.37. The maximum Gasteiger partial charge on any atom is 0.137 e. The minimum atomic E-state index is 0.670. The molecule has 100 valence electrons. The van der Waals surface area contributed by atoms with Crippen LogP contribution < -0.4 is 5.43 Å². The van der Waals surface area contributed by atoms with Gasteiger partial charge in [-0.15, -0.1) is 11.6 Å². The third kappa shape index (κ3) is 4.71.